The molecule has 7 heteroatoms. The average Bonchev–Trinajstić information content (AvgIpc) is 3.19. The van der Waals surface area contributed by atoms with Crippen molar-refractivity contribution in [3.63, 3.8) is 0 Å². The van der Waals surface area contributed by atoms with Crippen molar-refractivity contribution in [2.24, 2.45) is 23.9 Å². The van der Waals surface area contributed by atoms with E-state index >= 15 is 0 Å². The van der Waals surface area contributed by atoms with Crippen molar-refractivity contribution in [2.45, 2.75) is 45.6 Å². The second-order valence-electron chi connectivity index (χ2n) is 7.35. The van der Waals surface area contributed by atoms with Gasteiger partial charge >= 0.3 is 0 Å². The van der Waals surface area contributed by atoms with Crippen molar-refractivity contribution in [2.75, 3.05) is 31.6 Å². The highest BCUT2D eigenvalue weighted by atomic mass is 32.2. The summed E-state index contributed by atoms with van der Waals surface area (Å²) >= 11 is 1.90. The van der Waals surface area contributed by atoms with Gasteiger partial charge in [-0.1, -0.05) is 12.8 Å². The summed E-state index contributed by atoms with van der Waals surface area (Å²) in [4.78, 5) is 7.40. The maximum absolute atomic E-state index is 4.91. The molecular formula is C18H32N6S. The Hall–Kier alpha value is -1.24. The molecule has 1 aromatic heterocycles. The number of nitrogens with zero attached hydrogens (tertiary/aromatic N) is 5. The summed E-state index contributed by atoms with van der Waals surface area (Å²) in [6, 6.07) is 0. The van der Waals surface area contributed by atoms with Gasteiger partial charge in [-0.3, -0.25) is 0 Å². The molecule has 2 aliphatic rings. The molecule has 1 aliphatic carbocycles. The van der Waals surface area contributed by atoms with E-state index in [-0.39, 0.29) is 0 Å². The van der Waals surface area contributed by atoms with Crippen LogP contribution in [0.15, 0.2) is 4.99 Å². The van der Waals surface area contributed by atoms with Gasteiger partial charge in [0.15, 0.2) is 11.8 Å². The molecule has 1 N–H and O–H groups in total. The fourth-order valence-electron chi connectivity index (χ4n) is 4.00. The Balaban J connectivity index is 1.66. The third-order valence-corrected chi connectivity index (χ3v) is 6.33. The minimum atomic E-state index is 0.591. The lowest BCUT2D eigenvalue weighted by molar-refractivity contribution is 0.299. The van der Waals surface area contributed by atoms with Crippen LogP contribution in [0.3, 0.4) is 0 Å². The number of aryl methyl sites for hydroxylation is 1. The first-order valence-electron chi connectivity index (χ1n) is 9.56. The summed E-state index contributed by atoms with van der Waals surface area (Å²) in [5.41, 5.74) is 0. The van der Waals surface area contributed by atoms with Crippen LogP contribution in [0.4, 0.5) is 0 Å². The molecule has 3 rings (SSSR count). The first-order valence-corrected chi connectivity index (χ1v) is 11.0. The number of aliphatic imine (C=N–C) groups is 1. The Labute approximate surface area is 155 Å². The molecule has 0 bridgehead atoms. The molecule has 2 heterocycles. The van der Waals surface area contributed by atoms with Gasteiger partial charge in [0.05, 0.1) is 0 Å². The molecule has 25 heavy (non-hydrogen) atoms. The van der Waals surface area contributed by atoms with Gasteiger partial charge < -0.3 is 14.8 Å². The number of nitrogens with one attached hydrogen (secondary N) is 1. The Morgan fingerprint density at radius 3 is 2.56 bits per heavy atom. The molecule has 1 aromatic rings. The fourth-order valence-corrected chi connectivity index (χ4v) is 4.43. The van der Waals surface area contributed by atoms with Crippen molar-refractivity contribution < 1.29 is 0 Å². The van der Waals surface area contributed by atoms with Gasteiger partial charge in [-0.05, 0) is 50.0 Å². The van der Waals surface area contributed by atoms with E-state index in [1.807, 2.05) is 30.3 Å². The van der Waals surface area contributed by atoms with Gasteiger partial charge in [0.2, 0.25) is 0 Å². The van der Waals surface area contributed by atoms with Crippen LogP contribution in [0.5, 0.6) is 0 Å². The molecule has 2 atom stereocenters. The van der Waals surface area contributed by atoms with Gasteiger partial charge in [0.1, 0.15) is 12.4 Å². The maximum Gasteiger partial charge on any atom is 0.194 e. The molecule has 140 valence electrons. The van der Waals surface area contributed by atoms with Crippen LogP contribution in [0.1, 0.15) is 43.8 Å². The summed E-state index contributed by atoms with van der Waals surface area (Å²) in [5, 5.41) is 12.0. The van der Waals surface area contributed by atoms with E-state index in [0.717, 1.165) is 49.1 Å². The van der Waals surface area contributed by atoms with Crippen LogP contribution in [-0.4, -0.2) is 57.3 Å². The van der Waals surface area contributed by atoms with E-state index in [0.29, 0.717) is 6.54 Å². The van der Waals surface area contributed by atoms with E-state index in [9.17, 15) is 0 Å². The molecule has 6 nitrogen and oxygen atoms in total. The second-order valence-corrected chi connectivity index (χ2v) is 8.33. The van der Waals surface area contributed by atoms with E-state index in [4.69, 9.17) is 4.99 Å². The van der Waals surface area contributed by atoms with Gasteiger partial charge in [0, 0.05) is 26.7 Å². The molecule has 2 fully saturated rings. The number of likely N-dealkylation sites (tertiary alicyclic amines) is 1. The third kappa shape index (κ3) is 4.68. The number of hydrogen-bond acceptors (Lipinski definition) is 4. The SMILES string of the molecule is CSCCCNC(=NCc1nnc(C)n1C)N1CC2CCCCC2C1. The summed E-state index contributed by atoms with van der Waals surface area (Å²) in [6.45, 7) is 5.89. The largest absolute Gasteiger partial charge is 0.356 e. The van der Waals surface area contributed by atoms with E-state index in [1.165, 1.54) is 37.9 Å². The lowest BCUT2D eigenvalue weighted by atomic mass is 9.82. The molecule has 1 aliphatic heterocycles. The minimum absolute atomic E-state index is 0.591. The second kappa shape index (κ2) is 8.92. The number of guanidine groups is 1. The number of rotatable bonds is 6. The van der Waals surface area contributed by atoms with Crippen LogP contribution in [0, 0.1) is 18.8 Å². The van der Waals surface area contributed by atoms with Gasteiger partial charge in [-0.25, -0.2) is 4.99 Å². The molecular weight excluding hydrogens is 332 g/mol. The van der Waals surface area contributed by atoms with Crippen molar-refractivity contribution in [3.05, 3.63) is 11.6 Å². The zero-order valence-corrected chi connectivity index (χ0v) is 16.7. The van der Waals surface area contributed by atoms with Crippen LogP contribution in [0.2, 0.25) is 0 Å². The standard InChI is InChI=1S/C18H32N6S/c1-14-21-22-17(23(14)2)11-20-18(19-9-6-10-25-3)24-12-15-7-4-5-8-16(15)13-24/h15-16H,4-13H2,1-3H3,(H,19,20). The molecule has 0 radical (unpaired) electrons. The topological polar surface area (TPSA) is 58.3 Å². The van der Waals surface area contributed by atoms with Crippen LogP contribution in [0.25, 0.3) is 0 Å². The predicted octanol–water partition coefficient (Wildman–Crippen LogP) is 2.44. The van der Waals surface area contributed by atoms with Crippen LogP contribution >= 0.6 is 11.8 Å². The summed E-state index contributed by atoms with van der Waals surface area (Å²) in [6.07, 6.45) is 8.93. The summed E-state index contributed by atoms with van der Waals surface area (Å²) in [5.74, 6) is 5.85. The zero-order valence-electron chi connectivity index (χ0n) is 15.9. The van der Waals surface area contributed by atoms with Gasteiger partial charge in [-0.2, -0.15) is 11.8 Å². The number of thioether (sulfide) groups is 1. The highest BCUT2D eigenvalue weighted by molar-refractivity contribution is 7.98. The first kappa shape index (κ1) is 18.5. The van der Waals surface area contributed by atoms with E-state index in [2.05, 4.69) is 26.7 Å². The van der Waals surface area contributed by atoms with Crippen molar-refractivity contribution >= 4 is 17.7 Å². The van der Waals surface area contributed by atoms with Crippen LogP contribution < -0.4 is 5.32 Å². The number of hydrogen-bond donors (Lipinski definition) is 1. The Morgan fingerprint density at radius 1 is 1.24 bits per heavy atom. The molecule has 0 aromatic carbocycles. The molecule has 1 saturated carbocycles. The zero-order chi connectivity index (χ0) is 17.6. The lowest BCUT2D eigenvalue weighted by Gasteiger charge is -2.22. The minimum Gasteiger partial charge on any atom is -0.356 e. The van der Waals surface area contributed by atoms with Crippen molar-refractivity contribution in [1.29, 1.82) is 0 Å². The van der Waals surface area contributed by atoms with Gasteiger partial charge in [-0.15, -0.1) is 10.2 Å². The van der Waals surface area contributed by atoms with E-state index < -0.39 is 0 Å². The number of fused-ring (bicyclic) bond motifs is 1. The highest BCUT2D eigenvalue weighted by Gasteiger charge is 2.35. The maximum atomic E-state index is 4.91. The molecule has 1 saturated heterocycles. The predicted molar refractivity (Wildman–Crippen MR) is 105 cm³/mol. The summed E-state index contributed by atoms with van der Waals surface area (Å²) in [7, 11) is 2.01. The molecule has 2 unspecified atom stereocenters. The van der Waals surface area contributed by atoms with Crippen LogP contribution in [-0.2, 0) is 13.6 Å². The molecule has 0 amide bonds. The highest BCUT2D eigenvalue weighted by Crippen LogP contribution is 2.35. The third-order valence-electron chi connectivity index (χ3n) is 5.64. The fraction of sp³-hybridized carbons (Fsp3) is 0.833. The smallest absolute Gasteiger partial charge is 0.194 e. The average molecular weight is 365 g/mol. The monoisotopic (exact) mass is 364 g/mol. The van der Waals surface area contributed by atoms with Crippen molar-refractivity contribution in [1.82, 2.24) is 25.0 Å². The Morgan fingerprint density at radius 2 is 1.96 bits per heavy atom. The van der Waals surface area contributed by atoms with E-state index in [1.54, 1.807) is 0 Å². The number of aromatic nitrogens is 3. The normalized spacial score (nSPS) is 23.8. The Kier molecular flexibility index (Phi) is 6.62. The summed E-state index contributed by atoms with van der Waals surface area (Å²) < 4.78 is 2.03. The quantitative estimate of drug-likeness (QED) is 0.477. The molecule has 0 spiro atoms. The lowest BCUT2D eigenvalue weighted by Crippen LogP contribution is -2.41. The van der Waals surface area contributed by atoms with Gasteiger partial charge in [0.25, 0.3) is 0 Å². The van der Waals surface area contributed by atoms with Crippen molar-refractivity contribution in [3.8, 4) is 0 Å². The Bertz CT molecular complexity index is 570. The first-order chi connectivity index (χ1) is 12.2.